The van der Waals surface area contributed by atoms with Gasteiger partial charge >= 0.3 is 0 Å². The Hall–Kier alpha value is -2.04. The van der Waals surface area contributed by atoms with E-state index in [0.29, 0.717) is 11.7 Å². The van der Waals surface area contributed by atoms with Gasteiger partial charge in [-0.3, -0.25) is 4.79 Å². The lowest BCUT2D eigenvalue weighted by molar-refractivity contribution is -0.307. The molecule has 0 fully saturated rings. The first-order valence-electron chi connectivity index (χ1n) is 6.13. The zero-order chi connectivity index (χ0) is 14.4. The van der Waals surface area contributed by atoms with E-state index in [1.165, 1.54) is 12.5 Å². The van der Waals surface area contributed by atoms with Crippen LogP contribution in [-0.4, -0.2) is 24.5 Å². The second-order valence-electron chi connectivity index (χ2n) is 4.62. The maximum absolute atomic E-state index is 11.4. The lowest BCUT2D eigenvalue weighted by Crippen LogP contribution is -2.47. The van der Waals surface area contributed by atoms with E-state index in [0.717, 1.165) is 0 Å². The van der Waals surface area contributed by atoms with Gasteiger partial charge in [-0.2, -0.15) is 0 Å². The monoisotopic (exact) mass is 264 g/mol. The van der Waals surface area contributed by atoms with Crippen LogP contribution in [0.4, 0.5) is 0 Å². The van der Waals surface area contributed by atoms with Crippen LogP contribution in [0.3, 0.4) is 0 Å². The van der Waals surface area contributed by atoms with E-state index in [2.05, 4.69) is 19.2 Å². The molecule has 1 rings (SSSR count). The predicted octanol–water partition coefficient (Wildman–Crippen LogP) is 0.443. The average Bonchev–Trinajstić information content (AvgIpc) is 2.36. The minimum absolute atomic E-state index is 0.224. The van der Waals surface area contributed by atoms with Crippen LogP contribution in [0.15, 0.2) is 24.3 Å². The van der Waals surface area contributed by atoms with Gasteiger partial charge in [0.1, 0.15) is 5.75 Å². The van der Waals surface area contributed by atoms with Crippen molar-refractivity contribution in [3.8, 4) is 5.75 Å². The van der Waals surface area contributed by atoms with Gasteiger partial charge in [0.25, 0.3) is 5.91 Å². The molecule has 5 heteroatoms. The van der Waals surface area contributed by atoms with Crippen LogP contribution in [0.25, 0.3) is 0 Å². The number of carbonyl (C=O) groups is 2. The highest BCUT2D eigenvalue weighted by atomic mass is 16.5. The molecule has 0 unspecified atom stereocenters. The molecule has 1 atom stereocenters. The third kappa shape index (κ3) is 4.99. The molecule has 104 valence electrons. The number of carboxylic acids is 1. The second kappa shape index (κ2) is 6.78. The Labute approximate surface area is 112 Å². The van der Waals surface area contributed by atoms with Gasteiger partial charge < -0.3 is 20.0 Å². The first kappa shape index (κ1) is 15.0. The molecule has 0 saturated carbocycles. The van der Waals surface area contributed by atoms with E-state index in [1.807, 2.05) is 12.1 Å². The van der Waals surface area contributed by atoms with Crippen molar-refractivity contribution in [3.05, 3.63) is 29.8 Å². The Bertz CT molecular complexity index is 439. The molecule has 1 aromatic rings. The zero-order valence-corrected chi connectivity index (χ0v) is 11.3. The number of carboxylic acid groups (broad SMARTS) is 1. The fraction of sp³-hybridized carbons (Fsp3) is 0.429. The van der Waals surface area contributed by atoms with Crippen molar-refractivity contribution in [2.24, 2.45) is 0 Å². The molecule has 0 radical (unpaired) electrons. The summed E-state index contributed by atoms with van der Waals surface area (Å²) in [5.74, 6) is -0.818. The molecule has 19 heavy (non-hydrogen) atoms. The average molecular weight is 264 g/mol. The third-order valence-electron chi connectivity index (χ3n) is 2.65. The highest BCUT2D eigenvalue weighted by molar-refractivity contribution is 5.83. The third-order valence-corrected chi connectivity index (χ3v) is 2.65. The van der Waals surface area contributed by atoms with Crippen molar-refractivity contribution < 1.29 is 19.4 Å². The van der Waals surface area contributed by atoms with Crippen LogP contribution >= 0.6 is 0 Å². The molecule has 0 aliphatic carbocycles. The number of hydrogen-bond donors (Lipinski definition) is 1. The van der Waals surface area contributed by atoms with Gasteiger partial charge in [-0.15, -0.1) is 0 Å². The van der Waals surface area contributed by atoms with Gasteiger partial charge in [-0.1, -0.05) is 26.0 Å². The molecular weight excluding hydrogens is 246 g/mol. The van der Waals surface area contributed by atoms with Crippen molar-refractivity contribution in [1.82, 2.24) is 5.32 Å². The molecule has 0 bridgehead atoms. The lowest BCUT2D eigenvalue weighted by atomic mass is 10.0. The number of aliphatic carboxylic acids is 1. The molecule has 0 saturated heterocycles. The molecule has 0 aromatic heterocycles. The summed E-state index contributed by atoms with van der Waals surface area (Å²) in [4.78, 5) is 21.8. The van der Waals surface area contributed by atoms with E-state index in [4.69, 9.17) is 4.74 Å². The predicted molar refractivity (Wildman–Crippen MR) is 68.6 cm³/mol. The number of hydrogen-bond acceptors (Lipinski definition) is 4. The summed E-state index contributed by atoms with van der Waals surface area (Å²) < 4.78 is 5.26. The minimum atomic E-state index is -1.32. The van der Waals surface area contributed by atoms with Crippen LogP contribution in [0, 0.1) is 0 Å². The SMILES string of the molecule is CC(C)c1ccc(OCC(=O)N[C@@H](C)C(=O)[O-])cc1. The van der Waals surface area contributed by atoms with Gasteiger partial charge in [-0.25, -0.2) is 0 Å². The molecule has 0 heterocycles. The van der Waals surface area contributed by atoms with Crippen LogP contribution < -0.4 is 15.2 Å². The number of amides is 1. The van der Waals surface area contributed by atoms with Gasteiger partial charge in [0.05, 0.1) is 12.0 Å². The first-order valence-corrected chi connectivity index (χ1v) is 6.13. The highest BCUT2D eigenvalue weighted by Crippen LogP contribution is 2.18. The lowest BCUT2D eigenvalue weighted by Gasteiger charge is -2.15. The maximum atomic E-state index is 11.4. The van der Waals surface area contributed by atoms with E-state index < -0.39 is 17.9 Å². The van der Waals surface area contributed by atoms with E-state index >= 15 is 0 Å². The fourth-order valence-corrected chi connectivity index (χ4v) is 1.44. The van der Waals surface area contributed by atoms with E-state index in [-0.39, 0.29) is 6.61 Å². The Balaban J connectivity index is 2.44. The van der Waals surface area contributed by atoms with Crippen molar-refractivity contribution in [1.29, 1.82) is 0 Å². The second-order valence-corrected chi connectivity index (χ2v) is 4.62. The molecule has 1 aromatic carbocycles. The maximum Gasteiger partial charge on any atom is 0.258 e. The van der Waals surface area contributed by atoms with Crippen LogP contribution in [0.2, 0.25) is 0 Å². The summed E-state index contributed by atoms with van der Waals surface area (Å²) >= 11 is 0. The molecule has 0 aliphatic heterocycles. The smallest absolute Gasteiger partial charge is 0.258 e. The Morgan fingerprint density at radius 1 is 1.21 bits per heavy atom. The van der Waals surface area contributed by atoms with Crippen molar-refractivity contribution in [2.45, 2.75) is 32.7 Å². The topological polar surface area (TPSA) is 78.5 Å². The Morgan fingerprint density at radius 2 is 1.79 bits per heavy atom. The van der Waals surface area contributed by atoms with Crippen molar-refractivity contribution in [2.75, 3.05) is 6.61 Å². The van der Waals surface area contributed by atoms with Crippen molar-refractivity contribution in [3.63, 3.8) is 0 Å². The number of ether oxygens (including phenoxy) is 1. The summed E-state index contributed by atoms with van der Waals surface area (Å²) in [7, 11) is 0. The molecular formula is C14H18NO4-. The largest absolute Gasteiger partial charge is 0.548 e. The molecule has 5 nitrogen and oxygen atoms in total. The minimum Gasteiger partial charge on any atom is -0.548 e. The molecule has 0 aliphatic rings. The Kier molecular flexibility index (Phi) is 5.36. The normalized spacial score (nSPS) is 12.0. The fourth-order valence-electron chi connectivity index (χ4n) is 1.44. The zero-order valence-electron chi connectivity index (χ0n) is 11.3. The van der Waals surface area contributed by atoms with Crippen LogP contribution in [-0.2, 0) is 9.59 Å². The summed E-state index contributed by atoms with van der Waals surface area (Å²) in [6, 6.07) is 6.40. The summed E-state index contributed by atoms with van der Waals surface area (Å²) in [5, 5.41) is 12.7. The first-order chi connectivity index (χ1) is 8.90. The number of nitrogens with one attached hydrogen (secondary N) is 1. The number of rotatable bonds is 6. The van der Waals surface area contributed by atoms with Crippen LogP contribution in [0.1, 0.15) is 32.3 Å². The molecule has 1 amide bonds. The van der Waals surface area contributed by atoms with Crippen molar-refractivity contribution >= 4 is 11.9 Å². The van der Waals surface area contributed by atoms with Gasteiger partial charge in [0, 0.05) is 0 Å². The summed E-state index contributed by atoms with van der Waals surface area (Å²) in [5.41, 5.74) is 1.18. The summed E-state index contributed by atoms with van der Waals surface area (Å²) in [6.07, 6.45) is 0. The number of benzene rings is 1. The van der Waals surface area contributed by atoms with Gasteiger partial charge in [0.15, 0.2) is 6.61 Å². The molecule has 0 spiro atoms. The highest BCUT2D eigenvalue weighted by Gasteiger charge is 2.08. The standard InChI is InChI=1S/C14H19NO4/c1-9(2)11-4-6-12(7-5-11)19-8-13(16)15-10(3)14(17)18/h4-7,9-10H,8H2,1-3H3,(H,15,16)(H,17,18)/p-1/t10-/m0/s1. The van der Waals surface area contributed by atoms with E-state index in [9.17, 15) is 14.7 Å². The number of carbonyl (C=O) groups excluding carboxylic acids is 2. The van der Waals surface area contributed by atoms with E-state index in [1.54, 1.807) is 12.1 Å². The molecule has 1 N–H and O–H groups in total. The summed E-state index contributed by atoms with van der Waals surface area (Å²) in [6.45, 7) is 5.29. The quantitative estimate of drug-likeness (QED) is 0.808. The van der Waals surface area contributed by atoms with Gasteiger partial charge in [0.2, 0.25) is 0 Å². The van der Waals surface area contributed by atoms with Crippen LogP contribution in [0.5, 0.6) is 5.75 Å². The Morgan fingerprint density at radius 3 is 2.26 bits per heavy atom. The van der Waals surface area contributed by atoms with Gasteiger partial charge in [-0.05, 0) is 30.5 Å².